The first-order valence-corrected chi connectivity index (χ1v) is 8.87. The van der Waals surface area contributed by atoms with Gasteiger partial charge in [-0.25, -0.2) is 0 Å². The molecule has 140 valence electrons. The third-order valence-electron chi connectivity index (χ3n) is 5.39. The zero-order valence-electron chi connectivity index (χ0n) is 15.9. The third-order valence-corrected chi connectivity index (χ3v) is 5.39. The largest absolute Gasteiger partial charge is 0.388 e. The van der Waals surface area contributed by atoms with Crippen LogP contribution in [-0.4, -0.2) is 45.3 Å². The molecule has 1 saturated carbocycles. The van der Waals surface area contributed by atoms with Crippen LogP contribution in [0.15, 0.2) is 0 Å². The van der Waals surface area contributed by atoms with E-state index in [-0.39, 0.29) is 11.8 Å². The maximum Gasteiger partial charge on any atom is 0.236 e. The molecule has 0 unspecified atom stereocenters. The molecule has 1 rings (SSSR count). The van der Waals surface area contributed by atoms with Crippen molar-refractivity contribution in [3.63, 3.8) is 0 Å². The standard InChI is InChI=1S/C18H34N2O4/c1-12(16(3,4)23)19-14(21)18(10-8-7-9-11-18)15(22)20-13(2)17(5,6)24/h12-13,23-24H,7-11H2,1-6H3,(H,19,21)(H,20,22)/t12-,13-/m1/s1. The molecule has 0 bridgehead atoms. The van der Waals surface area contributed by atoms with E-state index in [0.29, 0.717) is 12.8 Å². The zero-order valence-corrected chi connectivity index (χ0v) is 15.9. The van der Waals surface area contributed by atoms with Crippen molar-refractivity contribution in [2.24, 2.45) is 5.41 Å². The first-order chi connectivity index (χ1) is 10.8. The monoisotopic (exact) mass is 342 g/mol. The molecule has 4 N–H and O–H groups in total. The van der Waals surface area contributed by atoms with Crippen molar-refractivity contribution < 1.29 is 19.8 Å². The van der Waals surface area contributed by atoms with Crippen LogP contribution in [0.5, 0.6) is 0 Å². The second kappa shape index (κ2) is 7.40. The van der Waals surface area contributed by atoms with Gasteiger partial charge >= 0.3 is 0 Å². The van der Waals surface area contributed by atoms with Gasteiger partial charge in [0.1, 0.15) is 5.41 Å². The molecule has 0 saturated heterocycles. The van der Waals surface area contributed by atoms with Crippen LogP contribution in [0.1, 0.15) is 73.6 Å². The third kappa shape index (κ3) is 4.93. The smallest absolute Gasteiger partial charge is 0.236 e. The SMILES string of the molecule is C[C@@H](NC(=O)C1(C(=O)N[C@H](C)C(C)(C)O)CCCCC1)C(C)(C)O. The van der Waals surface area contributed by atoms with Crippen LogP contribution < -0.4 is 10.6 Å². The predicted octanol–water partition coefficient (Wildman–Crippen LogP) is 1.49. The first-order valence-electron chi connectivity index (χ1n) is 8.87. The lowest BCUT2D eigenvalue weighted by Crippen LogP contribution is -2.60. The van der Waals surface area contributed by atoms with Gasteiger partial charge in [-0.3, -0.25) is 9.59 Å². The summed E-state index contributed by atoms with van der Waals surface area (Å²) in [5.41, 5.74) is -3.26. The van der Waals surface area contributed by atoms with E-state index >= 15 is 0 Å². The predicted molar refractivity (Wildman–Crippen MR) is 93.3 cm³/mol. The average Bonchev–Trinajstić information content (AvgIpc) is 2.45. The molecule has 6 nitrogen and oxygen atoms in total. The van der Waals surface area contributed by atoms with Crippen molar-refractivity contribution in [2.45, 2.75) is 96.9 Å². The van der Waals surface area contributed by atoms with E-state index in [9.17, 15) is 19.8 Å². The molecule has 1 aliphatic rings. The summed E-state index contributed by atoms with van der Waals surface area (Å²) in [6.07, 6.45) is 3.61. The van der Waals surface area contributed by atoms with Crippen molar-refractivity contribution in [3.05, 3.63) is 0 Å². The molecule has 0 heterocycles. The van der Waals surface area contributed by atoms with Crippen molar-refractivity contribution in [3.8, 4) is 0 Å². The Hall–Kier alpha value is -1.14. The molecule has 0 spiro atoms. The van der Waals surface area contributed by atoms with Gasteiger partial charge in [-0.05, 0) is 54.4 Å². The second-order valence-electron chi connectivity index (χ2n) is 8.34. The van der Waals surface area contributed by atoms with Gasteiger partial charge < -0.3 is 20.8 Å². The average molecular weight is 342 g/mol. The summed E-state index contributed by atoms with van der Waals surface area (Å²) < 4.78 is 0. The molecule has 6 heteroatoms. The summed E-state index contributed by atoms with van der Waals surface area (Å²) in [4.78, 5) is 25.8. The van der Waals surface area contributed by atoms with Crippen LogP contribution in [0.4, 0.5) is 0 Å². The van der Waals surface area contributed by atoms with Crippen LogP contribution in [0.2, 0.25) is 0 Å². The minimum Gasteiger partial charge on any atom is -0.388 e. The Balaban J connectivity index is 2.97. The number of nitrogens with one attached hydrogen (secondary N) is 2. The quantitative estimate of drug-likeness (QED) is 0.550. The minimum absolute atomic E-state index is 0.336. The molecule has 0 aliphatic heterocycles. The Morgan fingerprint density at radius 3 is 1.46 bits per heavy atom. The van der Waals surface area contributed by atoms with E-state index in [1.165, 1.54) is 0 Å². The number of amides is 2. The molecule has 2 atom stereocenters. The Labute approximate surface area is 145 Å². The number of carbonyl (C=O) groups is 2. The summed E-state index contributed by atoms with van der Waals surface area (Å²) in [5.74, 6) is -0.672. The van der Waals surface area contributed by atoms with E-state index in [2.05, 4.69) is 10.6 Å². The molecule has 24 heavy (non-hydrogen) atoms. The Kier molecular flexibility index (Phi) is 6.44. The maximum absolute atomic E-state index is 12.9. The normalized spacial score (nSPS) is 20.8. The zero-order chi connectivity index (χ0) is 18.8. The lowest BCUT2D eigenvalue weighted by atomic mass is 9.72. The van der Waals surface area contributed by atoms with E-state index in [4.69, 9.17) is 0 Å². The summed E-state index contributed by atoms with van der Waals surface area (Å²) in [6, 6.07) is -0.938. The minimum atomic E-state index is -1.13. The lowest BCUT2D eigenvalue weighted by molar-refractivity contribution is -0.148. The molecule has 2 amide bonds. The number of rotatable bonds is 6. The Bertz CT molecular complexity index is 421. The Morgan fingerprint density at radius 2 is 1.17 bits per heavy atom. The van der Waals surface area contributed by atoms with Crippen LogP contribution in [-0.2, 0) is 9.59 Å². The number of hydrogen-bond acceptors (Lipinski definition) is 4. The topological polar surface area (TPSA) is 98.7 Å². The highest BCUT2D eigenvalue weighted by molar-refractivity contribution is 6.05. The van der Waals surface area contributed by atoms with Gasteiger partial charge in [0.2, 0.25) is 11.8 Å². The van der Waals surface area contributed by atoms with Gasteiger partial charge in [0, 0.05) is 0 Å². The lowest BCUT2D eigenvalue weighted by Gasteiger charge is -2.39. The van der Waals surface area contributed by atoms with Gasteiger partial charge in [-0.15, -0.1) is 0 Å². The van der Waals surface area contributed by atoms with E-state index in [1.54, 1.807) is 41.5 Å². The van der Waals surface area contributed by atoms with Gasteiger partial charge in [-0.2, -0.15) is 0 Å². The van der Waals surface area contributed by atoms with Gasteiger partial charge in [0.15, 0.2) is 0 Å². The summed E-state index contributed by atoms with van der Waals surface area (Å²) >= 11 is 0. The molecule has 0 aromatic rings. The highest BCUT2D eigenvalue weighted by Gasteiger charge is 2.48. The summed E-state index contributed by atoms with van der Waals surface area (Å²) in [7, 11) is 0. The van der Waals surface area contributed by atoms with Crippen LogP contribution in [0, 0.1) is 5.41 Å². The summed E-state index contributed by atoms with van der Waals surface area (Å²) in [5, 5.41) is 25.7. The van der Waals surface area contributed by atoms with Crippen molar-refractivity contribution in [2.75, 3.05) is 0 Å². The summed E-state index contributed by atoms with van der Waals surface area (Å²) in [6.45, 7) is 9.96. The van der Waals surface area contributed by atoms with Gasteiger partial charge in [-0.1, -0.05) is 19.3 Å². The van der Waals surface area contributed by atoms with Crippen LogP contribution >= 0.6 is 0 Å². The van der Waals surface area contributed by atoms with Crippen LogP contribution in [0.3, 0.4) is 0 Å². The fourth-order valence-corrected chi connectivity index (χ4v) is 2.74. The second-order valence-corrected chi connectivity index (χ2v) is 8.34. The number of aliphatic hydroxyl groups is 2. The Morgan fingerprint density at radius 1 is 0.833 bits per heavy atom. The van der Waals surface area contributed by atoms with Crippen LogP contribution in [0.25, 0.3) is 0 Å². The highest BCUT2D eigenvalue weighted by atomic mass is 16.3. The van der Waals surface area contributed by atoms with Crippen molar-refractivity contribution >= 4 is 11.8 Å². The highest BCUT2D eigenvalue weighted by Crippen LogP contribution is 2.37. The molecule has 1 fully saturated rings. The maximum atomic E-state index is 12.9. The van der Waals surface area contributed by atoms with Crippen molar-refractivity contribution in [1.82, 2.24) is 10.6 Å². The number of carbonyl (C=O) groups excluding carboxylic acids is 2. The van der Waals surface area contributed by atoms with Crippen molar-refractivity contribution in [1.29, 1.82) is 0 Å². The van der Waals surface area contributed by atoms with E-state index < -0.39 is 28.7 Å². The molecular weight excluding hydrogens is 308 g/mol. The van der Waals surface area contributed by atoms with E-state index in [1.807, 2.05) is 0 Å². The van der Waals surface area contributed by atoms with E-state index in [0.717, 1.165) is 19.3 Å². The fraction of sp³-hybridized carbons (Fsp3) is 0.889. The first kappa shape index (κ1) is 20.9. The molecule has 0 radical (unpaired) electrons. The number of hydrogen-bond donors (Lipinski definition) is 4. The van der Waals surface area contributed by atoms with Gasteiger partial charge in [0.25, 0.3) is 0 Å². The fourth-order valence-electron chi connectivity index (χ4n) is 2.74. The molecule has 1 aliphatic carbocycles. The molecular formula is C18H34N2O4. The van der Waals surface area contributed by atoms with Gasteiger partial charge in [0.05, 0.1) is 23.3 Å². The molecule has 0 aromatic carbocycles. The molecule has 0 aromatic heterocycles.